The molecule has 2 aromatic carbocycles. The molecule has 0 aliphatic carbocycles. The topological polar surface area (TPSA) is 50.8 Å². The molecule has 42 heavy (non-hydrogen) atoms. The summed E-state index contributed by atoms with van der Waals surface area (Å²) in [6, 6.07) is 13.9. The third-order valence-electron chi connectivity index (χ3n) is 7.97. The van der Waals surface area contributed by atoms with Gasteiger partial charge in [-0.15, -0.1) is 11.8 Å². The molecule has 5 nitrogen and oxygen atoms in total. The van der Waals surface area contributed by atoms with E-state index in [1.165, 1.54) is 94.7 Å². The Labute approximate surface area is 259 Å². The number of nitrogens with zero attached hydrogens (tertiary/aromatic N) is 1. The predicted molar refractivity (Wildman–Crippen MR) is 179 cm³/mol. The average Bonchev–Trinajstić information content (AvgIpc) is 3.40. The summed E-state index contributed by atoms with van der Waals surface area (Å²) in [4.78, 5) is 15.2. The van der Waals surface area contributed by atoms with Gasteiger partial charge in [-0.1, -0.05) is 109 Å². The van der Waals surface area contributed by atoms with Crippen molar-refractivity contribution in [1.29, 1.82) is 0 Å². The average molecular weight is 595 g/mol. The molecule has 1 N–H and O–H groups in total. The summed E-state index contributed by atoms with van der Waals surface area (Å²) in [5.74, 6) is 2.42. The number of unbranched alkanes of at least 4 members (excludes halogenated alkanes) is 13. The van der Waals surface area contributed by atoms with Gasteiger partial charge in [-0.25, -0.2) is 0 Å². The lowest BCUT2D eigenvalue weighted by Crippen LogP contribution is -2.17. The summed E-state index contributed by atoms with van der Waals surface area (Å²) in [6.45, 7) is 5.97. The summed E-state index contributed by atoms with van der Waals surface area (Å²) in [7, 11) is 1.66. The van der Waals surface area contributed by atoms with Crippen LogP contribution >= 0.6 is 11.8 Å². The molecule has 1 aliphatic heterocycles. The first-order chi connectivity index (χ1) is 20.6. The van der Waals surface area contributed by atoms with Gasteiger partial charge in [0.15, 0.2) is 0 Å². The largest absolute Gasteiger partial charge is 0.497 e. The van der Waals surface area contributed by atoms with E-state index in [2.05, 4.69) is 41.6 Å². The van der Waals surface area contributed by atoms with Gasteiger partial charge in [0.05, 0.1) is 26.0 Å². The Bertz CT molecular complexity index is 1070. The van der Waals surface area contributed by atoms with Crippen LogP contribution in [-0.4, -0.2) is 30.4 Å². The molecule has 0 spiro atoms. The molecule has 2 aromatic rings. The first kappa shape index (κ1) is 33.9. The second kappa shape index (κ2) is 20.3. The van der Waals surface area contributed by atoms with Gasteiger partial charge in [0, 0.05) is 29.6 Å². The van der Waals surface area contributed by atoms with Gasteiger partial charge in [0.2, 0.25) is 5.91 Å². The minimum Gasteiger partial charge on any atom is -0.497 e. The van der Waals surface area contributed by atoms with Crippen LogP contribution in [0.3, 0.4) is 0 Å². The van der Waals surface area contributed by atoms with Crippen LogP contribution in [0.25, 0.3) is 0 Å². The molecular weight excluding hydrogens is 540 g/mol. The Kier molecular flexibility index (Phi) is 16.4. The van der Waals surface area contributed by atoms with E-state index in [1.807, 2.05) is 42.1 Å². The van der Waals surface area contributed by atoms with E-state index in [-0.39, 0.29) is 12.3 Å². The number of rotatable bonds is 22. The minimum absolute atomic E-state index is 0.0519. The maximum Gasteiger partial charge on any atom is 0.228 e. The number of hydrogen-bond acceptors (Lipinski definition) is 5. The molecule has 232 valence electrons. The van der Waals surface area contributed by atoms with Gasteiger partial charge < -0.3 is 19.7 Å². The number of hydrogen-bond donors (Lipinski definition) is 1. The molecule has 0 unspecified atom stereocenters. The van der Waals surface area contributed by atoms with E-state index in [1.54, 1.807) is 7.11 Å². The summed E-state index contributed by atoms with van der Waals surface area (Å²) in [6.07, 6.45) is 19.0. The molecule has 0 saturated carbocycles. The van der Waals surface area contributed by atoms with Crippen molar-refractivity contribution in [1.82, 2.24) is 4.90 Å². The van der Waals surface area contributed by atoms with E-state index in [4.69, 9.17) is 9.47 Å². The number of benzene rings is 2. The van der Waals surface area contributed by atoms with Crippen LogP contribution in [-0.2, 0) is 17.8 Å². The zero-order valence-corrected chi connectivity index (χ0v) is 27.2. The van der Waals surface area contributed by atoms with Crippen molar-refractivity contribution in [3.8, 4) is 11.5 Å². The number of carbonyl (C=O) groups is 1. The van der Waals surface area contributed by atoms with E-state index in [0.29, 0.717) is 6.61 Å². The number of carbonyl (C=O) groups excluding carboxylic acids is 1. The molecule has 0 saturated heterocycles. The number of thioether (sulfide) groups is 1. The summed E-state index contributed by atoms with van der Waals surface area (Å²) in [5.41, 5.74) is 4.23. The normalized spacial score (nSPS) is 12.8. The van der Waals surface area contributed by atoms with Gasteiger partial charge in [0.1, 0.15) is 11.5 Å². The van der Waals surface area contributed by atoms with Gasteiger partial charge in [-0.3, -0.25) is 4.79 Å². The molecule has 0 fully saturated rings. The first-order valence-corrected chi connectivity index (χ1v) is 17.4. The Hall–Kier alpha value is -2.60. The second-order valence-electron chi connectivity index (χ2n) is 11.6. The number of methoxy groups -OCH3 is 1. The monoisotopic (exact) mass is 594 g/mol. The SMILES string of the molecule is CCCCCCCCCCCCCCCCOc1cc(OC)ccc1CC(=O)Nc1ccc(CN2CSC=C2C)cc1. The van der Waals surface area contributed by atoms with Gasteiger partial charge in [-0.05, 0) is 42.5 Å². The maximum atomic E-state index is 12.9. The predicted octanol–water partition coefficient (Wildman–Crippen LogP) is 10.1. The minimum atomic E-state index is -0.0519. The van der Waals surface area contributed by atoms with Crippen molar-refractivity contribution >= 4 is 23.4 Å². The number of allylic oxidation sites excluding steroid dienone is 1. The molecule has 0 aromatic heterocycles. The highest BCUT2D eigenvalue weighted by molar-refractivity contribution is 8.02. The second-order valence-corrected chi connectivity index (χ2v) is 12.4. The lowest BCUT2D eigenvalue weighted by Gasteiger charge is -2.19. The van der Waals surface area contributed by atoms with Crippen molar-refractivity contribution in [3.05, 3.63) is 64.7 Å². The Morgan fingerprint density at radius 1 is 0.857 bits per heavy atom. The van der Waals surface area contributed by atoms with Crippen molar-refractivity contribution in [2.75, 3.05) is 24.9 Å². The fourth-order valence-corrected chi connectivity index (χ4v) is 6.25. The number of nitrogens with one attached hydrogen (secondary N) is 1. The Morgan fingerprint density at radius 2 is 1.48 bits per heavy atom. The lowest BCUT2D eigenvalue weighted by molar-refractivity contribution is -0.115. The fraction of sp³-hybridized carbons (Fsp3) is 0.583. The highest BCUT2D eigenvalue weighted by Crippen LogP contribution is 2.27. The van der Waals surface area contributed by atoms with Gasteiger partial charge in [-0.2, -0.15) is 0 Å². The Balaban J connectivity index is 1.32. The van der Waals surface area contributed by atoms with Crippen LogP contribution in [0.1, 0.15) is 115 Å². The smallest absolute Gasteiger partial charge is 0.228 e. The molecule has 1 aliphatic rings. The molecular formula is C36H54N2O3S. The maximum absolute atomic E-state index is 12.9. The van der Waals surface area contributed by atoms with Crippen molar-refractivity contribution in [3.63, 3.8) is 0 Å². The Morgan fingerprint density at radius 3 is 2.05 bits per heavy atom. The van der Waals surface area contributed by atoms with Crippen LogP contribution in [0.2, 0.25) is 0 Å². The van der Waals surface area contributed by atoms with Gasteiger partial charge >= 0.3 is 0 Å². The van der Waals surface area contributed by atoms with Crippen LogP contribution in [0.5, 0.6) is 11.5 Å². The van der Waals surface area contributed by atoms with Crippen LogP contribution in [0, 0.1) is 0 Å². The summed E-state index contributed by atoms with van der Waals surface area (Å²) >= 11 is 1.83. The highest BCUT2D eigenvalue weighted by atomic mass is 32.2. The van der Waals surface area contributed by atoms with Crippen LogP contribution in [0.4, 0.5) is 5.69 Å². The third kappa shape index (κ3) is 13.1. The van der Waals surface area contributed by atoms with Crippen LogP contribution < -0.4 is 14.8 Å². The zero-order chi connectivity index (χ0) is 29.8. The fourth-order valence-electron chi connectivity index (χ4n) is 5.31. The standard InChI is InChI=1S/C36H54N2O3S/c1-4-5-6-7-8-9-10-11-12-13-14-15-16-17-24-41-35-26-34(40-3)23-20-32(35)25-36(39)37-33-21-18-31(19-22-33)27-38-29-42-28-30(38)2/h18-23,26,28H,4-17,24-25,27,29H2,1-3H3,(H,37,39). The molecule has 0 atom stereocenters. The summed E-state index contributed by atoms with van der Waals surface area (Å²) in [5, 5.41) is 5.24. The lowest BCUT2D eigenvalue weighted by atomic mass is 10.0. The first-order valence-electron chi connectivity index (χ1n) is 16.3. The molecule has 0 bridgehead atoms. The molecule has 3 rings (SSSR count). The molecule has 1 heterocycles. The summed E-state index contributed by atoms with van der Waals surface area (Å²) < 4.78 is 11.6. The van der Waals surface area contributed by atoms with Crippen LogP contribution in [0.15, 0.2) is 53.6 Å². The molecule has 0 radical (unpaired) electrons. The van der Waals surface area contributed by atoms with E-state index >= 15 is 0 Å². The molecule has 1 amide bonds. The van der Waals surface area contributed by atoms with Gasteiger partial charge in [0.25, 0.3) is 0 Å². The number of anilines is 1. The van der Waals surface area contributed by atoms with E-state index in [0.717, 1.165) is 41.6 Å². The highest BCUT2D eigenvalue weighted by Gasteiger charge is 2.13. The van der Waals surface area contributed by atoms with E-state index < -0.39 is 0 Å². The van der Waals surface area contributed by atoms with Crippen molar-refractivity contribution in [2.45, 2.75) is 117 Å². The van der Waals surface area contributed by atoms with E-state index in [9.17, 15) is 4.79 Å². The van der Waals surface area contributed by atoms with Crippen molar-refractivity contribution in [2.24, 2.45) is 0 Å². The van der Waals surface area contributed by atoms with Crippen molar-refractivity contribution < 1.29 is 14.3 Å². The molecule has 6 heteroatoms. The quantitative estimate of drug-likeness (QED) is 0.137. The zero-order valence-electron chi connectivity index (χ0n) is 26.4. The number of ether oxygens (including phenoxy) is 2. The number of amides is 1. The third-order valence-corrected chi connectivity index (χ3v) is 8.94.